The van der Waals surface area contributed by atoms with Crippen molar-refractivity contribution in [1.82, 2.24) is 5.43 Å². The number of phenols is 2. The zero-order valence-corrected chi connectivity index (χ0v) is 18.4. The van der Waals surface area contributed by atoms with Gasteiger partial charge in [0.05, 0.1) is 10.2 Å². The fourth-order valence-corrected chi connectivity index (χ4v) is 3.87. The van der Waals surface area contributed by atoms with Gasteiger partial charge in [-0.2, -0.15) is 5.10 Å². The highest BCUT2D eigenvalue weighted by atomic mass is 79.9. The van der Waals surface area contributed by atoms with Gasteiger partial charge in [-0.3, -0.25) is 9.59 Å². The second-order valence-electron chi connectivity index (χ2n) is 6.34. The number of carbonyl (C=O) groups is 2. The summed E-state index contributed by atoms with van der Waals surface area (Å²) in [6.45, 7) is 1.55. The molecule has 3 N–H and O–H groups in total. The monoisotopic (exact) mass is 518 g/mol. The van der Waals surface area contributed by atoms with Crippen LogP contribution in [0.2, 0.25) is 0 Å². The van der Waals surface area contributed by atoms with Crippen LogP contribution in [0.4, 0.5) is 0 Å². The van der Waals surface area contributed by atoms with Crippen molar-refractivity contribution < 1.29 is 19.8 Å². The van der Waals surface area contributed by atoms with Crippen LogP contribution in [-0.2, 0) is 16.0 Å². The second kappa shape index (κ2) is 8.75. The Balaban J connectivity index is 1.71. The van der Waals surface area contributed by atoms with Gasteiger partial charge in [0, 0.05) is 12.0 Å². The molecule has 6 nitrogen and oxygen atoms in total. The van der Waals surface area contributed by atoms with E-state index in [0.29, 0.717) is 4.47 Å². The number of nitrogens with zero attached hydrogens (tertiary/aromatic N) is 1. The lowest BCUT2D eigenvalue weighted by molar-refractivity contribution is -0.137. The van der Waals surface area contributed by atoms with E-state index in [1.165, 1.54) is 6.07 Å². The Bertz CT molecular complexity index is 1160. The summed E-state index contributed by atoms with van der Waals surface area (Å²) in [5.74, 6) is -1.87. The van der Waals surface area contributed by atoms with E-state index in [1.807, 2.05) is 42.5 Å². The topological polar surface area (TPSA) is 99.0 Å². The Morgan fingerprint density at radius 3 is 2.41 bits per heavy atom. The Morgan fingerprint density at radius 2 is 1.69 bits per heavy atom. The lowest BCUT2D eigenvalue weighted by atomic mass is 10.0. The maximum absolute atomic E-state index is 12.2. The summed E-state index contributed by atoms with van der Waals surface area (Å²) >= 11 is 6.25. The van der Waals surface area contributed by atoms with Crippen LogP contribution in [-0.4, -0.2) is 27.6 Å². The Kier molecular flexibility index (Phi) is 6.34. The summed E-state index contributed by atoms with van der Waals surface area (Å²) < 4.78 is 0.431. The molecule has 0 unspecified atom stereocenters. The highest BCUT2D eigenvalue weighted by molar-refractivity contribution is 9.11. The number of hydrogen-bond donors (Lipinski definition) is 3. The molecule has 0 aliphatic rings. The number of halogens is 2. The highest BCUT2D eigenvalue weighted by Crippen LogP contribution is 2.41. The predicted molar refractivity (Wildman–Crippen MR) is 118 cm³/mol. The molecule has 3 aromatic rings. The van der Waals surface area contributed by atoms with E-state index in [4.69, 9.17) is 0 Å². The minimum absolute atomic E-state index is 0.0488. The van der Waals surface area contributed by atoms with Gasteiger partial charge in [-0.1, -0.05) is 42.5 Å². The van der Waals surface area contributed by atoms with Crippen molar-refractivity contribution >= 4 is 60.0 Å². The maximum atomic E-state index is 12.2. The summed E-state index contributed by atoms with van der Waals surface area (Å²) in [5.41, 5.74) is 3.49. The predicted octanol–water partition coefficient (Wildman–Crippen LogP) is 4.43. The molecule has 0 atom stereocenters. The number of phenolic OH excluding ortho intramolecular Hbond substituents is 2. The number of hydrogen-bond acceptors (Lipinski definition) is 5. The fourth-order valence-electron chi connectivity index (χ4n) is 2.75. The van der Waals surface area contributed by atoms with E-state index < -0.39 is 11.7 Å². The van der Waals surface area contributed by atoms with Crippen molar-refractivity contribution in [2.75, 3.05) is 0 Å². The van der Waals surface area contributed by atoms with Crippen molar-refractivity contribution in [3.05, 3.63) is 68.6 Å². The first-order valence-corrected chi connectivity index (χ1v) is 10.1. The van der Waals surface area contributed by atoms with E-state index in [-0.39, 0.29) is 33.7 Å². The van der Waals surface area contributed by atoms with Crippen molar-refractivity contribution in [3.8, 4) is 11.5 Å². The summed E-state index contributed by atoms with van der Waals surface area (Å²) in [7, 11) is 0. The van der Waals surface area contributed by atoms with Crippen LogP contribution in [0.1, 0.15) is 18.1 Å². The molecule has 0 aromatic heterocycles. The van der Waals surface area contributed by atoms with Crippen LogP contribution in [0.15, 0.2) is 62.6 Å². The van der Waals surface area contributed by atoms with Crippen LogP contribution in [0.25, 0.3) is 10.8 Å². The molecule has 0 aliphatic carbocycles. The molecule has 0 saturated carbocycles. The minimum atomic E-state index is -0.853. The van der Waals surface area contributed by atoms with E-state index in [0.717, 1.165) is 16.3 Å². The molecule has 8 heteroatoms. The van der Waals surface area contributed by atoms with Gasteiger partial charge in [0.2, 0.25) is 5.78 Å². The molecule has 0 bridgehead atoms. The normalized spacial score (nSPS) is 11.5. The van der Waals surface area contributed by atoms with Gasteiger partial charge in [0.1, 0.15) is 16.0 Å². The lowest BCUT2D eigenvalue weighted by Gasteiger charge is -2.09. The van der Waals surface area contributed by atoms with Gasteiger partial charge in [-0.05, 0) is 61.2 Å². The molecular formula is C21H16Br2N2O4. The standard InChI is InChI=1S/C21H16Br2N2O4/c1-11(15-10-16(22)20(28)18(23)19(15)27)24-25-21(29)17(26)9-12-6-7-13-4-2-3-5-14(13)8-12/h2-8,10,27-28H,9H2,1H3,(H,25,29)/b24-11+. The number of benzene rings is 3. The number of aromatic hydroxyl groups is 2. The first-order chi connectivity index (χ1) is 13.8. The molecule has 0 spiro atoms. The van der Waals surface area contributed by atoms with Crippen LogP contribution in [0, 0.1) is 0 Å². The van der Waals surface area contributed by atoms with Gasteiger partial charge in [0.25, 0.3) is 0 Å². The summed E-state index contributed by atoms with van der Waals surface area (Å²) in [4.78, 5) is 24.4. The van der Waals surface area contributed by atoms with Crippen molar-refractivity contribution in [3.63, 3.8) is 0 Å². The van der Waals surface area contributed by atoms with Crippen molar-refractivity contribution in [1.29, 1.82) is 0 Å². The average molecular weight is 520 g/mol. The Labute approximate surface area is 183 Å². The van der Waals surface area contributed by atoms with Gasteiger partial charge in [-0.15, -0.1) is 0 Å². The second-order valence-corrected chi connectivity index (χ2v) is 7.98. The number of nitrogens with one attached hydrogen (secondary N) is 1. The van der Waals surface area contributed by atoms with Crippen LogP contribution in [0.5, 0.6) is 11.5 Å². The third-order valence-electron chi connectivity index (χ3n) is 4.31. The van der Waals surface area contributed by atoms with Crippen molar-refractivity contribution in [2.45, 2.75) is 13.3 Å². The third kappa shape index (κ3) is 4.65. The molecule has 0 radical (unpaired) electrons. The van der Waals surface area contributed by atoms with E-state index in [1.54, 1.807) is 6.92 Å². The maximum Gasteiger partial charge on any atom is 0.307 e. The van der Waals surface area contributed by atoms with Gasteiger partial charge >= 0.3 is 5.91 Å². The first-order valence-electron chi connectivity index (χ1n) is 8.53. The van der Waals surface area contributed by atoms with Gasteiger partial charge in [0.15, 0.2) is 0 Å². The molecule has 3 aromatic carbocycles. The zero-order valence-electron chi connectivity index (χ0n) is 15.2. The molecular weight excluding hydrogens is 504 g/mol. The van der Waals surface area contributed by atoms with Crippen LogP contribution in [0.3, 0.4) is 0 Å². The molecule has 0 heterocycles. The van der Waals surface area contributed by atoms with Crippen LogP contribution >= 0.6 is 31.9 Å². The Hall–Kier alpha value is -2.71. The number of amides is 1. The summed E-state index contributed by atoms with van der Waals surface area (Å²) in [6, 6.07) is 14.8. The van der Waals surface area contributed by atoms with Gasteiger partial charge in [-0.25, -0.2) is 5.43 Å². The van der Waals surface area contributed by atoms with Crippen molar-refractivity contribution in [2.24, 2.45) is 5.10 Å². The average Bonchev–Trinajstić information content (AvgIpc) is 2.72. The third-order valence-corrected chi connectivity index (χ3v) is 5.67. The molecule has 3 rings (SSSR count). The number of carbonyl (C=O) groups excluding carboxylic acids is 2. The van der Waals surface area contributed by atoms with E-state index in [9.17, 15) is 19.8 Å². The largest absolute Gasteiger partial charge is 0.506 e. The summed E-state index contributed by atoms with van der Waals surface area (Å²) in [5, 5.41) is 25.9. The lowest BCUT2D eigenvalue weighted by Crippen LogP contribution is -2.29. The minimum Gasteiger partial charge on any atom is -0.506 e. The Morgan fingerprint density at radius 1 is 1.00 bits per heavy atom. The van der Waals surface area contributed by atoms with Crippen LogP contribution < -0.4 is 5.43 Å². The molecule has 1 amide bonds. The molecule has 29 heavy (non-hydrogen) atoms. The quantitative estimate of drug-likeness (QED) is 0.264. The number of hydrazone groups is 1. The number of Topliss-reactive ketones (excluding diaryl/α,β-unsaturated/α-hetero) is 1. The highest BCUT2D eigenvalue weighted by Gasteiger charge is 2.17. The van der Waals surface area contributed by atoms with E-state index in [2.05, 4.69) is 42.4 Å². The number of ketones is 1. The molecule has 0 fully saturated rings. The SMILES string of the molecule is C/C(=N\NC(=O)C(=O)Cc1ccc2ccccc2c1)c1cc(Br)c(O)c(Br)c1O. The smallest absolute Gasteiger partial charge is 0.307 e. The first kappa shape index (κ1) is 21.0. The number of rotatable bonds is 5. The number of fused-ring (bicyclic) bond motifs is 1. The molecule has 148 valence electrons. The summed E-state index contributed by atoms with van der Waals surface area (Å²) in [6.07, 6.45) is -0.0488. The molecule has 0 aliphatic heterocycles. The fraction of sp³-hybridized carbons (Fsp3) is 0.0952. The van der Waals surface area contributed by atoms with Gasteiger partial charge < -0.3 is 10.2 Å². The zero-order chi connectivity index (χ0) is 21.1. The molecule has 0 saturated heterocycles. The van der Waals surface area contributed by atoms with E-state index >= 15 is 0 Å².